The molecule has 1 aliphatic heterocycles. The fourth-order valence-corrected chi connectivity index (χ4v) is 1.18. The van der Waals surface area contributed by atoms with E-state index in [1.807, 2.05) is 0 Å². The van der Waals surface area contributed by atoms with Crippen molar-refractivity contribution < 1.29 is 9.18 Å². The molecule has 0 saturated heterocycles. The molecule has 12 heavy (non-hydrogen) atoms. The number of carbonyl (C=O) groups excluding carboxylic acids is 1. The van der Waals surface area contributed by atoms with Crippen molar-refractivity contribution in [1.82, 2.24) is 0 Å². The lowest BCUT2D eigenvalue weighted by atomic mass is 10.0. The Balaban J connectivity index is 2.63. The van der Waals surface area contributed by atoms with Crippen LogP contribution < -0.4 is 0 Å². The van der Waals surface area contributed by atoms with Gasteiger partial charge in [0.2, 0.25) is 0 Å². The largest absolute Gasteiger partial charge is 0.294 e. The molecule has 0 amide bonds. The van der Waals surface area contributed by atoms with Crippen LogP contribution in [0.3, 0.4) is 0 Å². The Labute approximate surface area is 68.7 Å². The van der Waals surface area contributed by atoms with Gasteiger partial charge in [0.15, 0.2) is 5.78 Å². The van der Waals surface area contributed by atoms with Crippen LogP contribution in [0, 0.1) is 5.82 Å². The number of fused-ring (bicyclic) bond motifs is 1. The van der Waals surface area contributed by atoms with Gasteiger partial charge in [0, 0.05) is 18.2 Å². The van der Waals surface area contributed by atoms with Crippen LogP contribution in [-0.2, 0) is 0 Å². The monoisotopic (exact) mass is 163 g/mol. The van der Waals surface area contributed by atoms with Gasteiger partial charge in [-0.2, -0.15) is 0 Å². The molecule has 0 spiro atoms. The number of hydrogen-bond donors (Lipinski definition) is 0. The van der Waals surface area contributed by atoms with E-state index in [2.05, 4.69) is 4.99 Å². The Morgan fingerprint density at radius 2 is 2.25 bits per heavy atom. The molecule has 0 saturated carbocycles. The fraction of sp³-hybridized carbons (Fsp3) is 0.111. The molecule has 0 aliphatic carbocycles. The van der Waals surface area contributed by atoms with Gasteiger partial charge in [-0.3, -0.25) is 9.79 Å². The van der Waals surface area contributed by atoms with Crippen LogP contribution >= 0.6 is 0 Å². The molecule has 0 radical (unpaired) electrons. The van der Waals surface area contributed by atoms with Crippen LogP contribution in [0.5, 0.6) is 0 Å². The van der Waals surface area contributed by atoms with Gasteiger partial charge in [0.1, 0.15) is 5.82 Å². The van der Waals surface area contributed by atoms with Crippen LogP contribution in [-0.4, -0.2) is 12.0 Å². The second-order valence-corrected chi connectivity index (χ2v) is 2.60. The maximum Gasteiger partial charge on any atom is 0.170 e. The highest BCUT2D eigenvalue weighted by Gasteiger charge is 2.14. The molecular weight excluding hydrogens is 157 g/mol. The number of Topliss-reactive ketones (excluding diaryl/α,β-unsaturated/α-hetero) is 1. The van der Waals surface area contributed by atoms with Crippen molar-refractivity contribution in [2.75, 3.05) is 0 Å². The van der Waals surface area contributed by atoms with E-state index in [0.29, 0.717) is 11.3 Å². The van der Waals surface area contributed by atoms with Gasteiger partial charge in [-0.15, -0.1) is 0 Å². The fourth-order valence-electron chi connectivity index (χ4n) is 1.18. The van der Waals surface area contributed by atoms with Crippen molar-refractivity contribution in [2.45, 2.75) is 6.42 Å². The van der Waals surface area contributed by atoms with Crippen molar-refractivity contribution >= 4 is 17.7 Å². The number of ketones is 1. The molecule has 60 valence electrons. The topological polar surface area (TPSA) is 29.4 Å². The first kappa shape index (κ1) is 7.16. The Morgan fingerprint density at radius 3 is 3.08 bits per heavy atom. The van der Waals surface area contributed by atoms with Crippen LogP contribution in [0.2, 0.25) is 0 Å². The minimum Gasteiger partial charge on any atom is -0.294 e. The molecule has 0 atom stereocenters. The van der Waals surface area contributed by atoms with Crippen LogP contribution in [0.15, 0.2) is 23.2 Å². The third kappa shape index (κ3) is 1.03. The van der Waals surface area contributed by atoms with E-state index in [-0.39, 0.29) is 18.0 Å². The van der Waals surface area contributed by atoms with Crippen molar-refractivity contribution in [2.24, 2.45) is 4.99 Å². The van der Waals surface area contributed by atoms with E-state index in [1.165, 1.54) is 18.2 Å². The van der Waals surface area contributed by atoms with Crippen LogP contribution in [0.25, 0.3) is 0 Å². The van der Waals surface area contributed by atoms with Gasteiger partial charge in [0.05, 0.1) is 5.69 Å². The summed E-state index contributed by atoms with van der Waals surface area (Å²) in [6.45, 7) is 0. The highest BCUT2D eigenvalue weighted by molar-refractivity contribution is 6.09. The zero-order valence-electron chi connectivity index (χ0n) is 6.25. The van der Waals surface area contributed by atoms with E-state index in [4.69, 9.17) is 0 Å². The molecule has 2 nitrogen and oxygen atoms in total. The van der Waals surface area contributed by atoms with Crippen LogP contribution in [0.4, 0.5) is 10.1 Å². The summed E-state index contributed by atoms with van der Waals surface area (Å²) in [4.78, 5) is 15.2. The first-order chi connectivity index (χ1) is 5.77. The number of nitrogens with zero attached hydrogens (tertiary/aromatic N) is 1. The lowest BCUT2D eigenvalue weighted by molar-refractivity contribution is 0.100. The molecule has 1 heterocycles. The quantitative estimate of drug-likeness (QED) is 0.576. The molecule has 1 aliphatic rings. The van der Waals surface area contributed by atoms with Crippen molar-refractivity contribution in [1.29, 1.82) is 0 Å². The number of aliphatic imine (C=N–C) groups is 1. The van der Waals surface area contributed by atoms with Crippen LogP contribution in [0.1, 0.15) is 16.8 Å². The number of rotatable bonds is 0. The number of carbonyl (C=O) groups is 1. The highest BCUT2D eigenvalue weighted by Crippen LogP contribution is 2.24. The molecule has 0 aromatic heterocycles. The summed E-state index contributed by atoms with van der Waals surface area (Å²) in [5.74, 6) is -0.460. The van der Waals surface area contributed by atoms with Crippen molar-refractivity contribution in [3.8, 4) is 0 Å². The zero-order chi connectivity index (χ0) is 8.55. The van der Waals surface area contributed by atoms with Gasteiger partial charge in [-0.1, -0.05) is 0 Å². The second-order valence-electron chi connectivity index (χ2n) is 2.60. The van der Waals surface area contributed by atoms with Gasteiger partial charge >= 0.3 is 0 Å². The summed E-state index contributed by atoms with van der Waals surface area (Å²) in [5, 5.41) is 0. The minimum absolute atomic E-state index is 0.0699. The Kier molecular flexibility index (Phi) is 1.50. The molecule has 2 rings (SSSR count). The van der Waals surface area contributed by atoms with E-state index >= 15 is 0 Å². The van der Waals surface area contributed by atoms with E-state index < -0.39 is 0 Å². The summed E-state index contributed by atoms with van der Waals surface area (Å²) in [7, 11) is 0. The predicted molar refractivity (Wildman–Crippen MR) is 43.5 cm³/mol. The van der Waals surface area contributed by atoms with Gasteiger partial charge in [0.25, 0.3) is 0 Å². The average Bonchev–Trinajstić information content (AvgIpc) is 2.07. The number of halogens is 1. The predicted octanol–water partition coefficient (Wildman–Crippen LogP) is 2.11. The SMILES string of the molecule is O=C1CC=Nc2ccc(F)cc21. The highest BCUT2D eigenvalue weighted by atomic mass is 19.1. The van der Waals surface area contributed by atoms with Gasteiger partial charge in [-0.05, 0) is 18.2 Å². The molecule has 0 fully saturated rings. The summed E-state index contributed by atoms with van der Waals surface area (Å²) >= 11 is 0. The zero-order valence-corrected chi connectivity index (χ0v) is 6.25. The minimum atomic E-state index is -0.390. The summed E-state index contributed by atoms with van der Waals surface area (Å²) in [6, 6.07) is 4.04. The molecule has 3 heteroatoms. The van der Waals surface area contributed by atoms with E-state index in [9.17, 15) is 9.18 Å². The second kappa shape index (κ2) is 2.52. The first-order valence-corrected chi connectivity index (χ1v) is 3.62. The molecule has 1 aromatic rings. The normalized spacial score (nSPS) is 14.6. The molecular formula is C9H6FNO. The molecule has 0 unspecified atom stereocenters. The maximum atomic E-state index is 12.7. The number of benzene rings is 1. The Morgan fingerprint density at radius 1 is 1.42 bits per heavy atom. The van der Waals surface area contributed by atoms with E-state index in [0.717, 1.165) is 0 Å². The third-order valence-corrected chi connectivity index (χ3v) is 1.77. The molecule has 0 bridgehead atoms. The summed E-state index contributed by atoms with van der Waals surface area (Å²) in [6.07, 6.45) is 1.82. The lowest BCUT2D eigenvalue weighted by Gasteiger charge is -2.07. The summed E-state index contributed by atoms with van der Waals surface area (Å²) < 4.78 is 12.7. The standard InChI is InChI=1S/C9H6FNO/c10-6-1-2-8-7(5-6)9(12)3-4-11-8/h1-2,4-5H,3H2. The summed E-state index contributed by atoms with van der Waals surface area (Å²) in [5.41, 5.74) is 0.949. The molecule has 1 aromatic carbocycles. The lowest BCUT2D eigenvalue weighted by Crippen LogP contribution is -2.04. The first-order valence-electron chi connectivity index (χ1n) is 3.62. The van der Waals surface area contributed by atoms with E-state index in [1.54, 1.807) is 6.21 Å². The van der Waals surface area contributed by atoms with Gasteiger partial charge < -0.3 is 0 Å². The average molecular weight is 163 g/mol. The smallest absolute Gasteiger partial charge is 0.170 e. The molecule has 0 N–H and O–H groups in total. The number of hydrogen-bond acceptors (Lipinski definition) is 2. The Bertz CT molecular complexity index is 371. The maximum absolute atomic E-state index is 12.7. The van der Waals surface area contributed by atoms with Gasteiger partial charge in [-0.25, -0.2) is 4.39 Å². The van der Waals surface area contributed by atoms with Crippen molar-refractivity contribution in [3.05, 3.63) is 29.6 Å². The third-order valence-electron chi connectivity index (χ3n) is 1.77. The van der Waals surface area contributed by atoms with Crippen molar-refractivity contribution in [3.63, 3.8) is 0 Å². The Hall–Kier alpha value is -1.51.